The van der Waals surface area contributed by atoms with Gasteiger partial charge < -0.3 is 19.5 Å². The maximum absolute atomic E-state index is 13.1. The first-order chi connectivity index (χ1) is 15.1. The molecule has 0 radical (unpaired) electrons. The molecule has 0 bridgehead atoms. The normalized spacial score (nSPS) is 12.0. The van der Waals surface area contributed by atoms with Crippen LogP contribution < -0.4 is 14.8 Å². The summed E-state index contributed by atoms with van der Waals surface area (Å²) in [6.07, 6.45) is 0. The Balaban J connectivity index is 1.47. The highest BCUT2D eigenvalue weighted by Gasteiger charge is 2.22. The van der Waals surface area contributed by atoms with Gasteiger partial charge in [-0.2, -0.15) is 0 Å². The molecular formula is C24H19NO6. The zero-order chi connectivity index (χ0) is 21.6. The van der Waals surface area contributed by atoms with Gasteiger partial charge >= 0.3 is 5.97 Å². The number of hydrogen-bond acceptors (Lipinski definition) is 6. The predicted octanol–water partition coefficient (Wildman–Crippen LogP) is 3.48. The molecule has 1 heterocycles. The van der Waals surface area contributed by atoms with E-state index >= 15 is 0 Å². The van der Waals surface area contributed by atoms with Crippen LogP contribution in [0.25, 0.3) is 0 Å². The highest BCUT2D eigenvalue weighted by atomic mass is 16.6. The number of ether oxygens (including phenoxy) is 3. The standard InChI is InChI=1S/C24H19NO6/c26-22(25-17-6-2-1-3-7-17)15-31-24(28)19-9-5-4-8-18(19)23(27)16-10-11-20-21(14-16)30-13-12-29-20/h1-11,14H,12-13,15H2,(H,25,26). The number of nitrogens with one attached hydrogen (secondary N) is 1. The van der Waals surface area contributed by atoms with E-state index in [-0.39, 0.29) is 16.9 Å². The van der Waals surface area contributed by atoms with Crippen LogP contribution in [0, 0.1) is 0 Å². The summed E-state index contributed by atoms with van der Waals surface area (Å²) >= 11 is 0. The highest BCUT2D eigenvalue weighted by molar-refractivity contribution is 6.14. The lowest BCUT2D eigenvalue weighted by molar-refractivity contribution is -0.119. The molecule has 0 atom stereocenters. The van der Waals surface area contributed by atoms with Gasteiger partial charge in [0.05, 0.1) is 5.56 Å². The molecule has 1 aliphatic rings. The lowest BCUT2D eigenvalue weighted by Gasteiger charge is -2.18. The van der Waals surface area contributed by atoms with E-state index in [1.54, 1.807) is 60.7 Å². The lowest BCUT2D eigenvalue weighted by Crippen LogP contribution is -2.22. The van der Waals surface area contributed by atoms with Crippen LogP contribution in [0.1, 0.15) is 26.3 Å². The molecule has 3 aromatic rings. The SMILES string of the molecule is O=C(COC(=O)c1ccccc1C(=O)c1ccc2c(c1)OCCO2)Nc1ccccc1. The molecule has 7 heteroatoms. The average molecular weight is 417 g/mol. The lowest BCUT2D eigenvalue weighted by atomic mass is 9.98. The molecule has 31 heavy (non-hydrogen) atoms. The summed E-state index contributed by atoms with van der Waals surface area (Å²) in [5.74, 6) is -0.548. The first-order valence-electron chi connectivity index (χ1n) is 9.67. The molecule has 7 nitrogen and oxygen atoms in total. The number of ketones is 1. The van der Waals surface area contributed by atoms with E-state index in [2.05, 4.69) is 5.32 Å². The molecule has 156 valence electrons. The van der Waals surface area contributed by atoms with Gasteiger partial charge in [0, 0.05) is 16.8 Å². The average Bonchev–Trinajstić information content (AvgIpc) is 2.82. The van der Waals surface area contributed by atoms with Gasteiger partial charge in [0.15, 0.2) is 23.9 Å². The topological polar surface area (TPSA) is 90.9 Å². The highest BCUT2D eigenvalue weighted by Crippen LogP contribution is 2.31. The molecule has 0 saturated heterocycles. The van der Waals surface area contributed by atoms with Crippen LogP contribution in [0.4, 0.5) is 5.69 Å². The Hall–Kier alpha value is -4.13. The van der Waals surface area contributed by atoms with Crippen molar-refractivity contribution in [2.75, 3.05) is 25.1 Å². The monoisotopic (exact) mass is 417 g/mol. The largest absolute Gasteiger partial charge is 0.486 e. The number of para-hydroxylation sites is 1. The molecule has 0 aromatic heterocycles. The zero-order valence-electron chi connectivity index (χ0n) is 16.5. The number of amides is 1. The van der Waals surface area contributed by atoms with Gasteiger partial charge in [-0.1, -0.05) is 36.4 Å². The predicted molar refractivity (Wildman–Crippen MR) is 113 cm³/mol. The summed E-state index contributed by atoms with van der Waals surface area (Å²) in [7, 11) is 0. The zero-order valence-corrected chi connectivity index (χ0v) is 16.5. The van der Waals surface area contributed by atoms with Crippen molar-refractivity contribution in [3.63, 3.8) is 0 Å². The van der Waals surface area contributed by atoms with Gasteiger partial charge in [0.25, 0.3) is 5.91 Å². The van der Waals surface area contributed by atoms with Gasteiger partial charge in [-0.05, 0) is 36.4 Å². The van der Waals surface area contributed by atoms with Crippen LogP contribution in [0.15, 0.2) is 72.8 Å². The third-order valence-electron chi connectivity index (χ3n) is 4.59. The Morgan fingerprint density at radius 2 is 1.48 bits per heavy atom. The van der Waals surface area contributed by atoms with E-state index in [1.165, 1.54) is 6.07 Å². The molecule has 0 aliphatic carbocycles. The van der Waals surface area contributed by atoms with Crippen molar-refractivity contribution < 1.29 is 28.6 Å². The van der Waals surface area contributed by atoms with Crippen molar-refractivity contribution in [2.45, 2.75) is 0 Å². The van der Waals surface area contributed by atoms with Gasteiger partial charge in [0.1, 0.15) is 13.2 Å². The minimum atomic E-state index is -0.760. The van der Waals surface area contributed by atoms with Crippen molar-refractivity contribution in [2.24, 2.45) is 0 Å². The van der Waals surface area contributed by atoms with Crippen molar-refractivity contribution >= 4 is 23.3 Å². The number of benzene rings is 3. The van der Waals surface area contributed by atoms with Crippen LogP contribution in [0.2, 0.25) is 0 Å². The molecule has 0 saturated carbocycles. The van der Waals surface area contributed by atoms with Gasteiger partial charge in [0.2, 0.25) is 0 Å². The van der Waals surface area contributed by atoms with E-state index < -0.39 is 18.5 Å². The Kier molecular flexibility index (Phi) is 5.93. The van der Waals surface area contributed by atoms with E-state index in [0.29, 0.717) is 36.0 Å². The summed E-state index contributed by atoms with van der Waals surface area (Å²) in [5.41, 5.74) is 1.20. The Labute approximate surface area is 178 Å². The summed E-state index contributed by atoms with van der Waals surface area (Å²) < 4.78 is 16.1. The molecule has 3 aromatic carbocycles. The second-order valence-corrected chi connectivity index (χ2v) is 6.72. The van der Waals surface area contributed by atoms with Crippen LogP contribution in [-0.2, 0) is 9.53 Å². The third-order valence-corrected chi connectivity index (χ3v) is 4.59. The molecule has 1 aliphatic heterocycles. The molecule has 4 rings (SSSR count). The van der Waals surface area contributed by atoms with E-state index in [1.807, 2.05) is 6.07 Å². The number of carbonyl (C=O) groups is 3. The van der Waals surface area contributed by atoms with Gasteiger partial charge in [-0.15, -0.1) is 0 Å². The quantitative estimate of drug-likeness (QED) is 0.488. The Morgan fingerprint density at radius 3 is 2.26 bits per heavy atom. The molecule has 1 amide bonds. The number of anilines is 1. The molecule has 0 spiro atoms. The summed E-state index contributed by atoms with van der Waals surface area (Å²) in [5, 5.41) is 2.63. The minimum Gasteiger partial charge on any atom is -0.486 e. The second-order valence-electron chi connectivity index (χ2n) is 6.72. The van der Waals surface area contributed by atoms with Crippen molar-refractivity contribution in [3.05, 3.63) is 89.5 Å². The summed E-state index contributed by atoms with van der Waals surface area (Å²) in [6.45, 7) is 0.381. The van der Waals surface area contributed by atoms with Crippen molar-refractivity contribution in [1.82, 2.24) is 0 Å². The van der Waals surface area contributed by atoms with E-state index in [9.17, 15) is 14.4 Å². The molecule has 0 unspecified atom stereocenters. The maximum Gasteiger partial charge on any atom is 0.339 e. The maximum atomic E-state index is 13.1. The number of esters is 1. The first-order valence-corrected chi connectivity index (χ1v) is 9.67. The Morgan fingerprint density at radius 1 is 0.806 bits per heavy atom. The number of carbonyl (C=O) groups excluding carboxylic acids is 3. The number of hydrogen-bond donors (Lipinski definition) is 1. The van der Waals surface area contributed by atoms with Crippen LogP contribution in [-0.4, -0.2) is 37.5 Å². The Bertz CT molecular complexity index is 1130. The van der Waals surface area contributed by atoms with Crippen molar-refractivity contribution in [1.29, 1.82) is 0 Å². The molecular weight excluding hydrogens is 398 g/mol. The van der Waals surface area contributed by atoms with E-state index in [0.717, 1.165) is 0 Å². The fourth-order valence-electron chi connectivity index (χ4n) is 3.13. The van der Waals surface area contributed by atoms with Gasteiger partial charge in [-0.3, -0.25) is 9.59 Å². The van der Waals surface area contributed by atoms with Gasteiger partial charge in [-0.25, -0.2) is 4.79 Å². The smallest absolute Gasteiger partial charge is 0.339 e. The summed E-state index contributed by atoms with van der Waals surface area (Å²) in [4.78, 5) is 37.7. The van der Waals surface area contributed by atoms with Crippen LogP contribution in [0.5, 0.6) is 11.5 Å². The third kappa shape index (κ3) is 4.72. The first kappa shape index (κ1) is 20.2. The minimum absolute atomic E-state index is 0.0786. The van der Waals surface area contributed by atoms with Crippen LogP contribution in [0.3, 0.4) is 0 Å². The summed E-state index contributed by atoms with van der Waals surface area (Å²) in [6, 6.07) is 20.0. The second kappa shape index (κ2) is 9.13. The molecule has 1 N–H and O–H groups in total. The van der Waals surface area contributed by atoms with Crippen LogP contribution >= 0.6 is 0 Å². The number of rotatable bonds is 6. The number of fused-ring (bicyclic) bond motifs is 1. The van der Waals surface area contributed by atoms with Crippen molar-refractivity contribution in [3.8, 4) is 11.5 Å². The van der Waals surface area contributed by atoms with E-state index in [4.69, 9.17) is 14.2 Å². The fourth-order valence-corrected chi connectivity index (χ4v) is 3.13. The molecule has 0 fully saturated rings. The fraction of sp³-hybridized carbons (Fsp3) is 0.125.